The van der Waals surface area contributed by atoms with Crippen LogP contribution in [0, 0.1) is 6.92 Å². The molecule has 0 radical (unpaired) electrons. The van der Waals surface area contributed by atoms with E-state index in [9.17, 15) is 18.0 Å². The molecule has 4 heterocycles. The maximum absolute atomic E-state index is 12.7. The van der Waals surface area contributed by atoms with Crippen LogP contribution in [0.2, 0.25) is 0 Å². The van der Waals surface area contributed by atoms with Crippen molar-refractivity contribution < 1.29 is 18.0 Å². The van der Waals surface area contributed by atoms with E-state index in [1.807, 2.05) is 34.2 Å². The Labute approximate surface area is 193 Å². The van der Waals surface area contributed by atoms with Crippen LogP contribution in [0.25, 0.3) is 11.1 Å². The van der Waals surface area contributed by atoms with E-state index in [1.165, 1.54) is 12.4 Å². The molecule has 0 spiro atoms. The number of aryl methyl sites for hydroxylation is 1. The summed E-state index contributed by atoms with van der Waals surface area (Å²) < 4.78 is 39.9. The van der Waals surface area contributed by atoms with Gasteiger partial charge in [-0.15, -0.1) is 0 Å². The monoisotopic (exact) mass is 475 g/mol. The minimum Gasteiger partial charge on any atom is -0.350 e. The highest BCUT2D eigenvalue weighted by molar-refractivity contribution is 5.92. The summed E-state index contributed by atoms with van der Waals surface area (Å²) in [7, 11) is 1.71. The van der Waals surface area contributed by atoms with Crippen molar-refractivity contribution in [1.29, 1.82) is 0 Å². The van der Waals surface area contributed by atoms with Gasteiger partial charge in [-0.05, 0) is 13.8 Å². The third kappa shape index (κ3) is 4.50. The number of anilines is 1. The summed E-state index contributed by atoms with van der Waals surface area (Å²) in [5.41, 5.74) is 2.33. The van der Waals surface area contributed by atoms with Crippen LogP contribution in [0.15, 0.2) is 36.0 Å². The van der Waals surface area contributed by atoms with Gasteiger partial charge in [0.15, 0.2) is 0 Å². The minimum atomic E-state index is -4.53. The number of hydrogen-bond donors (Lipinski definition) is 2. The molecule has 0 aromatic carbocycles. The second kappa shape index (κ2) is 8.88. The number of H-pyrrole nitrogens is 1. The van der Waals surface area contributed by atoms with Gasteiger partial charge < -0.3 is 15.2 Å². The summed E-state index contributed by atoms with van der Waals surface area (Å²) >= 11 is 0. The molecule has 34 heavy (non-hydrogen) atoms. The normalized spacial score (nSPS) is 16.5. The van der Waals surface area contributed by atoms with Crippen molar-refractivity contribution >= 4 is 17.9 Å². The number of carbonyl (C=O) groups is 1. The van der Waals surface area contributed by atoms with E-state index in [0.717, 1.165) is 23.7 Å². The molecule has 0 saturated carbocycles. The van der Waals surface area contributed by atoms with Crippen molar-refractivity contribution in [2.75, 3.05) is 25.0 Å². The largest absolute Gasteiger partial charge is 0.408 e. The molecule has 4 rings (SSSR count). The Morgan fingerprint density at radius 2 is 2.06 bits per heavy atom. The summed E-state index contributed by atoms with van der Waals surface area (Å²) in [6, 6.07) is -1.98. The molecule has 0 bridgehead atoms. The first-order chi connectivity index (χ1) is 16.1. The Morgan fingerprint density at radius 3 is 2.65 bits per heavy atom. The zero-order valence-electron chi connectivity index (χ0n) is 18.8. The maximum atomic E-state index is 12.7. The number of aromatic nitrogens is 6. The summed E-state index contributed by atoms with van der Waals surface area (Å²) in [4.78, 5) is 26.4. The molecule has 1 amide bonds. The predicted molar refractivity (Wildman–Crippen MR) is 119 cm³/mol. The van der Waals surface area contributed by atoms with E-state index < -0.39 is 18.1 Å². The fourth-order valence-corrected chi connectivity index (χ4v) is 3.77. The number of amides is 1. The molecule has 0 aliphatic carbocycles. The molecule has 3 aromatic heterocycles. The van der Waals surface area contributed by atoms with Gasteiger partial charge in [0.25, 0.3) is 5.91 Å². The lowest BCUT2D eigenvalue weighted by atomic mass is 9.86. The molecular formula is C21H24F3N9O. The molecular weight excluding hydrogens is 451 g/mol. The Bertz CT molecular complexity index is 1180. The first-order valence-electron chi connectivity index (χ1n) is 10.5. The molecule has 1 atom stereocenters. The highest BCUT2D eigenvalue weighted by Crippen LogP contribution is 2.35. The van der Waals surface area contributed by atoms with Crippen LogP contribution in [0.3, 0.4) is 0 Å². The highest BCUT2D eigenvalue weighted by atomic mass is 19.4. The zero-order valence-corrected chi connectivity index (χ0v) is 18.8. The second-order valence-corrected chi connectivity index (χ2v) is 8.30. The van der Waals surface area contributed by atoms with E-state index in [2.05, 4.69) is 30.3 Å². The Morgan fingerprint density at radius 1 is 1.29 bits per heavy atom. The van der Waals surface area contributed by atoms with Crippen LogP contribution in [0.5, 0.6) is 0 Å². The lowest BCUT2D eigenvalue weighted by Gasteiger charge is -2.50. The predicted octanol–water partition coefficient (Wildman–Crippen LogP) is 2.36. The van der Waals surface area contributed by atoms with E-state index in [0.29, 0.717) is 25.3 Å². The third-order valence-electron chi connectivity index (χ3n) is 5.87. The van der Waals surface area contributed by atoms with Gasteiger partial charge in [0.2, 0.25) is 0 Å². The van der Waals surface area contributed by atoms with Crippen molar-refractivity contribution in [2.45, 2.75) is 38.0 Å². The molecule has 1 aliphatic rings. The van der Waals surface area contributed by atoms with E-state index >= 15 is 0 Å². The first kappa shape index (κ1) is 23.4. The molecule has 3 aromatic rings. The van der Waals surface area contributed by atoms with Gasteiger partial charge in [0.05, 0.1) is 24.8 Å². The summed E-state index contributed by atoms with van der Waals surface area (Å²) in [6.45, 7) is 3.94. The van der Waals surface area contributed by atoms with E-state index in [1.54, 1.807) is 19.4 Å². The van der Waals surface area contributed by atoms with Gasteiger partial charge >= 0.3 is 6.18 Å². The molecule has 2 N–H and O–H groups in total. The first-order valence-corrected chi connectivity index (χ1v) is 10.5. The van der Waals surface area contributed by atoms with Crippen molar-refractivity contribution in [3.63, 3.8) is 0 Å². The molecule has 180 valence electrons. The number of nitrogens with one attached hydrogen (secondary N) is 2. The van der Waals surface area contributed by atoms with Gasteiger partial charge in [0.1, 0.15) is 23.1 Å². The second-order valence-electron chi connectivity index (χ2n) is 8.30. The number of alkyl halides is 3. The fourth-order valence-electron chi connectivity index (χ4n) is 3.77. The number of hydrogen-bond acceptors (Lipinski definition) is 7. The molecule has 10 nitrogen and oxygen atoms in total. The SMILES string of the molecule is CN=CCC1(n2cc(-c3cn[nH]c3C)cn2)CN(c2cnc(C(=O)NC(C)C(F)(F)F)cn2)C1. The van der Waals surface area contributed by atoms with E-state index in [4.69, 9.17) is 0 Å². The van der Waals surface area contributed by atoms with Crippen LogP contribution < -0.4 is 10.2 Å². The molecule has 13 heteroatoms. The van der Waals surface area contributed by atoms with Gasteiger partial charge in [-0.3, -0.25) is 14.6 Å². The number of rotatable bonds is 7. The topological polar surface area (TPSA) is 117 Å². The van der Waals surface area contributed by atoms with Gasteiger partial charge in [-0.1, -0.05) is 0 Å². The summed E-state index contributed by atoms with van der Waals surface area (Å²) in [5, 5.41) is 13.4. The highest BCUT2D eigenvalue weighted by Gasteiger charge is 2.45. The van der Waals surface area contributed by atoms with Gasteiger partial charge in [0, 0.05) is 55.8 Å². The van der Waals surface area contributed by atoms with Crippen LogP contribution in [-0.2, 0) is 5.54 Å². The lowest BCUT2D eigenvalue weighted by molar-refractivity contribution is -0.149. The third-order valence-corrected chi connectivity index (χ3v) is 5.87. The maximum Gasteiger partial charge on any atom is 0.408 e. The summed E-state index contributed by atoms with van der Waals surface area (Å²) in [5.74, 6) is -0.415. The van der Waals surface area contributed by atoms with Gasteiger partial charge in [-0.2, -0.15) is 23.4 Å². The quantitative estimate of drug-likeness (QED) is 0.507. The van der Waals surface area contributed by atoms with Crippen molar-refractivity contribution in [1.82, 2.24) is 35.3 Å². The lowest BCUT2D eigenvalue weighted by Crippen LogP contribution is -2.63. The number of aliphatic imine (C=N–C) groups is 1. The summed E-state index contributed by atoms with van der Waals surface area (Å²) in [6.07, 6.45) is 6.03. The number of aromatic amines is 1. The fraction of sp³-hybridized carbons (Fsp3) is 0.429. The standard InChI is InChI=1S/C21H24F3N9O/c1-13-16(7-28-31-13)15-6-29-33(10-15)20(4-5-25-3)11-32(12-20)18-9-26-17(8-27-18)19(34)30-14(2)21(22,23)24/h5-10,14H,4,11-12H2,1-3H3,(H,28,31)(H,30,34). The Kier molecular flexibility index (Phi) is 6.11. The molecule has 1 unspecified atom stereocenters. The van der Waals surface area contributed by atoms with Crippen LogP contribution in [0.4, 0.5) is 19.0 Å². The average molecular weight is 475 g/mol. The van der Waals surface area contributed by atoms with E-state index in [-0.39, 0.29) is 11.2 Å². The van der Waals surface area contributed by atoms with Gasteiger partial charge in [-0.25, -0.2) is 9.97 Å². The number of carbonyl (C=O) groups excluding carboxylic acids is 1. The van der Waals surface area contributed by atoms with Crippen LogP contribution in [-0.4, -0.2) is 74.4 Å². The van der Waals surface area contributed by atoms with Crippen LogP contribution in [0.1, 0.15) is 29.5 Å². The zero-order chi connectivity index (χ0) is 24.5. The van der Waals surface area contributed by atoms with Crippen molar-refractivity contribution in [3.8, 4) is 11.1 Å². The van der Waals surface area contributed by atoms with Crippen molar-refractivity contribution in [2.24, 2.45) is 4.99 Å². The molecule has 1 fully saturated rings. The van der Waals surface area contributed by atoms with Crippen LogP contribution >= 0.6 is 0 Å². The Balaban J connectivity index is 1.47. The average Bonchev–Trinajstić information content (AvgIpc) is 3.42. The Hall–Kier alpha value is -3.77. The number of halogens is 3. The minimum absolute atomic E-state index is 0.183. The molecule has 1 aliphatic heterocycles. The number of nitrogens with zero attached hydrogens (tertiary/aromatic N) is 7. The van der Waals surface area contributed by atoms with Crippen molar-refractivity contribution in [3.05, 3.63) is 42.4 Å². The smallest absolute Gasteiger partial charge is 0.350 e. The molecule has 1 saturated heterocycles.